The topological polar surface area (TPSA) is 89.3 Å². The summed E-state index contributed by atoms with van der Waals surface area (Å²) in [4.78, 5) is 10.7. The van der Waals surface area contributed by atoms with Crippen LogP contribution in [0.5, 0.6) is 0 Å². The number of sulfonamides is 1. The van der Waals surface area contributed by atoms with Gasteiger partial charge in [0.1, 0.15) is 10.7 Å². The summed E-state index contributed by atoms with van der Waals surface area (Å²) in [5, 5.41) is 7.16. The van der Waals surface area contributed by atoms with Crippen molar-refractivity contribution >= 4 is 15.9 Å². The van der Waals surface area contributed by atoms with Gasteiger partial charge < -0.3 is 5.32 Å². The zero-order chi connectivity index (χ0) is 15.5. The van der Waals surface area contributed by atoms with Gasteiger partial charge in [0, 0.05) is 6.54 Å². The third kappa shape index (κ3) is 4.24. The van der Waals surface area contributed by atoms with Gasteiger partial charge in [-0.15, -0.1) is 0 Å². The maximum Gasteiger partial charge on any atom is 0.254 e. The molecular weight excluding hydrogens is 290 g/mol. The zero-order valence-electron chi connectivity index (χ0n) is 11.1. The van der Waals surface area contributed by atoms with E-state index in [-0.39, 0.29) is 6.54 Å². The quantitative estimate of drug-likeness (QED) is 0.861. The van der Waals surface area contributed by atoms with Gasteiger partial charge in [-0.2, -0.15) is 0 Å². The van der Waals surface area contributed by atoms with Crippen LogP contribution in [0, 0.1) is 17.6 Å². The first-order chi connectivity index (χ1) is 9.12. The van der Waals surface area contributed by atoms with Gasteiger partial charge in [0.25, 0.3) is 5.91 Å². The third-order valence-electron chi connectivity index (χ3n) is 2.56. The molecule has 0 aliphatic carbocycles. The van der Waals surface area contributed by atoms with Crippen molar-refractivity contribution in [2.45, 2.75) is 25.2 Å². The molecule has 0 aromatic heterocycles. The second kappa shape index (κ2) is 6.27. The first kappa shape index (κ1) is 16.5. The molecule has 112 valence electrons. The number of amides is 1. The van der Waals surface area contributed by atoms with Gasteiger partial charge in [-0.1, -0.05) is 13.8 Å². The molecule has 0 saturated carbocycles. The number of halogens is 2. The standard InChI is InChI=1S/C12H16F2N2O3S/c1-7(2)3-4-16-12(17)9-5-8(13)6-10(11(9)14)20(15,18)19/h5-7H,3-4H2,1-2H3,(H,16,17)(H2,15,18,19). The van der Waals surface area contributed by atoms with Crippen LogP contribution in [0.1, 0.15) is 30.6 Å². The summed E-state index contributed by atoms with van der Waals surface area (Å²) in [5.74, 6) is -2.96. The second-order valence-electron chi connectivity index (χ2n) is 4.75. The summed E-state index contributed by atoms with van der Waals surface area (Å²) in [6, 6.07) is 1.07. The van der Waals surface area contributed by atoms with Crippen LogP contribution < -0.4 is 10.5 Å². The Morgan fingerprint density at radius 3 is 2.45 bits per heavy atom. The molecule has 0 fully saturated rings. The Morgan fingerprint density at radius 2 is 1.95 bits per heavy atom. The van der Waals surface area contributed by atoms with E-state index >= 15 is 0 Å². The van der Waals surface area contributed by atoms with E-state index in [1.165, 1.54) is 0 Å². The lowest BCUT2D eigenvalue weighted by atomic mass is 10.1. The number of rotatable bonds is 5. The molecule has 20 heavy (non-hydrogen) atoms. The van der Waals surface area contributed by atoms with E-state index in [9.17, 15) is 22.0 Å². The fourth-order valence-corrected chi connectivity index (χ4v) is 2.14. The minimum Gasteiger partial charge on any atom is -0.352 e. The molecule has 0 spiro atoms. The Bertz CT molecular complexity index is 615. The molecule has 0 unspecified atom stereocenters. The molecule has 0 bridgehead atoms. The van der Waals surface area contributed by atoms with Crippen LogP contribution >= 0.6 is 0 Å². The first-order valence-electron chi connectivity index (χ1n) is 5.93. The fourth-order valence-electron chi connectivity index (χ4n) is 1.51. The summed E-state index contributed by atoms with van der Waals surface area (Å²) >= 11 is 0. The molecule has 1 aromatic rings. The molecule has 0 radical (unpaired) electrons. The Morgan fingerprint density at radius 1 is 1.35 bits per heavy atom. The molecule has 0 heterocycles. The molecular formula is C12H16F2N2O3S. The van der Waals surface area contributed by atoms with Gasteiger partial charge in [-0.3, -0.25) is 4.79 Å². The van der Waals surface area contributed by atoms with Crippen molar-refractivity contribution in [1.29, 1.82) is 0 Å². The van der Waals surface area contributed by atoms with Gasteiger partial charge in [-0.25, -0.2) is 22.3 Å². The summed E-state index contributed by atoms with van der Waals surface area (Å²) in [5.41, 5.74) is -0.683. The van der Waals surface area contributed by atoms with E-state index in [0.29, 0.717) is 24.5 Å². The minimum atomic E-state index is -4.44. The van der Waals surface area contributed by atoms with Gasteiger partial charge in [0.2, 0.25) is 10.0 Å². The largest absolute Gasteiger partial charge is 0.352 e. The van der Waals surface area contributed by atoms with Gasteiger partial charge >= 0.3 is 0 Å². The highest BCUT2D eigenvalue weighted by atomic mass is 32.2. The van der Waals surface area contributed by atoms with E-state index in [4.69, 9.17) is 5.14 Å². The Kier molecular flexibility index (Phi) is 5.18. The molecule has 8 heteroatoms. The molecule has 0 aliphatic rings. The van der Waals surface area contributed by atoms with Crippen LogP contribution in [0.4, 0.5) is 8.78 Å². The van der Waals surface area contributed by atoms with Crippen molar-refractivity contribution in [3.63, 3.8) is 0 Å². The maximum absolute atomic E-state index is 13.9. The lowest BCUT2D eigenvalue weighted by molar-refractivity contribution is 0.0947. The molecule has 1 rings (SSSR count). The number of benzene rings is 1. The average molecular weight is 306 g/mol. The Balaban J connectivity index is 3.07. The van der Waals surface area contributed by atoms with Crippen molar-refractivity contribution in [2.24, 2.45) is 11.1 Å². The normalized spacial score (nSPS) is 11.7. The van der Waals surface area contributed by atoms with Crippen LogP contribution in [-0.4, -0.2) is 20.9 Å². The Hall–Kier alpha value is -1.54. The average Bonchev–Trinajstić information content (AvgIpc) is 2.29. The van der Waals surface area contributed by atoms with Crippen molar-refractivity contribution in [1.82, 2.24) is 5.32 Å². The van der Waals surface area contributed by atoms with E-state index < -0.39 is 38.0 Å². The van der Waals surface area contributed by atoms with E-state index in [1.807, 2.05) is 13.8 Å². The van der Waals surface area contributed by atoms with Crippen LogP contribution in [0.15, 0.2) is 17.0 Å². The number of carbonyl (C=O) groups is 1. The van der Waals surface area contributed by atoms with Crippen LogP contribution in [-0.2, 0) is 10.0 Å². The first-order valence-corrected chi connectivity index (χ1v) is 7.47. The van der Waals surface area contributed by atoms with Crippen molar-refractivity contribution in [2.75, 3.05) is 6.54 Å². The van der Waals surface area contributed by atoms with Crippen molar-refractivity contribution in [3.05, 3.63) is 29.3 Å². The Labute approximate surface area is 116 Å². The van der Waals surface area contributed by atoms with Gasteiger partial charge in [0.15, 0.2) is 5.82 Å². The second-order valence-corrected chi connectivity index (χ2v) is 6.28. The number of nitrogens with two attached hydrogens (primary N) is 1. The van der Waals surface area contributed by atoms with Gasteiger partial charge in [-0.05, 0) is 24.5 Å². The highest BCUT2D eigenvalue weighted by Gasteiger charge is 2.23. The number of primary sulfonamides is 1. The summed E-state index contributed by atoms with van der Waals surface area (Å²) < 4.78 is 49.4. The predicted octanol–water partition coefficient (Wildman–Crippen LogP) is 1.39. The van der Waals surface area contributed by atoms with E-state index in [1.54, 1.807) is 0 Å². The third-order valence-corrected chi connectivity index (χ3v) is 3.47. The monoisotopic (exact) mass is 306 g/mol. The molecule has 5 nitrogen and oxygen atoms in total. The zero-order valence-corrected chi connectivity index (χ0v) is 11.9. The van der Waals surface area contributed by atoms with Crippen LogP contribution in [0.2, 0.25) is 0 Å². The number of hydrogen-bond donors (Lipinski definition) is 2. The van der Waals surface area contributed by atoms with Crippen molar-refractivity contribution in [3.8, 4) is 0 Å². The lowest BCUT2D eigenvalue weighted by Crippen LogP contribution is -2.27. The van der Waals surface area contributed by atoms with Crippen molar-refractivity contribution < 1.29 is 22.0 Å². The van der Waals surface area contributed by atoms with E-state index in [2.05, 4.69) is 5.32 Å². The van der Waals surface area contributed by atoms with Crippen LogP contribution in [0.25, 0.3) is 0 Å². The van der Waals surface area contributed by atoms with E-state index in [0.717, 1.165) is 0 Å². The van der Waals surface area contributed by atoms with Crippen LogP contribution in [0.3, 0.4) is 0 Å². The lowest BCUT2D eigenvalue weighted by Gasteiger charge is -2.09. The molecule has 0 saturated heterocycles. The molecule has 0 atom stereocenters. The molecule has 0 aliphatic heterocycles. The maximum atomic E-state index is 13.9. The minimum absolute atomic E-state index is 0.275. The number of nitrogens with one attached hydrogen (secondary N) is 1. The highest BCUT2D eigenvalue weighted by molar-refractivity contribution is 7.89. The van der Waals surface area contributed by atoms with Gasteiger partial charge in [0.05, 0.1) is 5.56 Å². The fraction of sp³-hybridized carbons (Fsp3) is 0.417. The number of hydrogen-bond acceptors (Lipinski definition) is 3. The highest BCUT2D eigenvalue weighted by Crippen LogP contribution is 2.19. The molecule has 1 aromatic carbocycles. The SMILES string of the molecule is CC(C)CCNC(=O)c1cc(F)cc(S(N)(=O)=O)c1F. The summed E-state index contributed by atoms with van der Waals surface area (Å²) in [6.07, 6.45) is 0.657. The molecule has 3 N–H and O–H groups in total. The summed E-state index contributed by atoms with van der Waals surface area (Å²) in [6.45, 7) is 4.15. The number of carbonyl (C=O) groups excluding carboxylic acids is 1. The molecule has 1 amide bonds. The summed E-state index contributed by atoms with van der Waals surface area (Å²) in [7, 11) is -4.44. The smallest absolute Gasteiger partial charge is 0.254 e. The predicted molar refractivity (Wildman–Crippen MR) is 69.5 cm³/mol.